The second kappa shape index (κ2) is 5.82. The molecule has 0 atom stereocenters. The molecule has 0 radical (unpaired) electrons. The van der Waals surface area contributed by atoms with Gasteiger partial charge in [0.25, 0.3) is 5.91 Å². The lowest BCUT2D eigenvalue weighted by atomic mass is 10.1. The Morgan fingerprint density at radius 3 is 2.59 bits per heavy atom. The van der Waals surface area contributed by atoms with E-state index >= 15 is 0 Å². The Kier molecular flexibility index (Phi) is 4.69. The Morgan fingerprint density at radius 1 is 1.41 bits per heavy atom. The number of benzene rings is 1. The minimum absolute atomic E-state index is 0.0499. The highest BCUT2D eigenvalue weighted by atomic mass is 79.9. The van der Waals surface area contributed by atoms with Crippen LogP contribution in [0, 0.1) is 6.92 Å². The van der Waals surface area contributed by atoms with Gasteiger partial charge in [0.15, 0.2) is 0 Å². The van der Waals surface area contributed by atoms with Gasteiger partial charge in [0.05, 0.1) is 12.0 Å². The second-order valence-electron chi connectivity index (χ2n) is 3.85. The zero-order valence-corrected chi connectivity index (χ0v) is 11.3. The summed E-state index contributed by atoms with van der Waals surface area (Å²) in [6.07, 6.45) is -0.0499. The standard InChI is InChI=1S/C12H14BrNO3/c1-8-3-4-9(10(13)7-8)12(17)14(2)6-5-11(15)16/h3-4,7H,5-6H2,1-2H3,(H,15,16). The lowest BCUT2D eigenvalue weighted by Crippen LogP contribution is -2.29. The molecule has 92 valence electrons. The van der Waals surface area contributed by atoms with Crippen LogP contribution >= 0.6 is 15.9 Å². The summed E-state index contributed by atoms with van der Waals surface area (Å²) in [5, 5.41) is 8.56. The number of carbonyl (C=O) groups excluding carboxylic acids is 1. The first-order chi connectivity index (χ1) is 7.91. The molecule has 0 saturated heterocycles. The Bertz CT molecular complexity index is 445. The zero-order valence-electron chi connectivity index (χ0n) is 9.74. The summed E-state index contributed by atoms with van der Waals surface area (Å²) in [5.74, 6) is -1.09. The third kappa shape index (κ3) is 3.85. The van der Waals surface area contributed by atoms with Crippen molar-refractivity contribution in [2.24, 2.45) is 0 Å². The molecule has 0 heterocycles. The van der Waals surface area contributed by atoms with Gasteiger partial charge in [-0.15, -0.1) is 0 Å². The van der Waals surface area contributed by atoms with E-state index in [1.165, 1.54) is 4.90 Å². The molecule has 0 aliphatic carbocycles. The maximum absolute atomic E-state index is 12.0. The Hall–Kier alpha value is -1.36. The van der Waals surface area contributed by atoms with E-state index in [4.69, 9.17) is 5.11 Å². The van der Waals surface area contributed by atoms with Crippen LogP contribution in [-0.2, 0) is 4.79 Å². The number of rotatable bonds is 4. The molecule has 0 saturated carbocycles. The van der Waals surface area contributed by atoms with Crippen molar-refractivity contribution in [2.45, 2.75) is 13.3 Å². The normalized spacial score (nSPS) is 10.1. The lowest BCUT2D eigenvalue weighted by molar-refractivity contribution is -0.137. The van der Waals surface area contributed by atoms with Crippen LogP contribution in [0.25, 0.3) is 0 Å². The summed E-state index contributed by atoms with van der Waals surface area (Å²) in [6.45, 7) is 2.14. The average molecular weight is 300 g/mol. The molecule has 1 rings (SSSR count). The monoisotopic (exact) mass is 299 g/mol. The number of aliphatic carboxylic acids is 1. The van der Waals surface area contributed by atoms with Gasteiger partial charge >= 0.3 is 5.97 Å². The summed E-state index contributed by atoms with van der Waals surface area (Å²) in [7, 11) is 1.59. The molecule has 4 nitrogen and oxygen atoms in total. The molecular formula is C12H14BrNO3. The maximum atomic E-state index is 12.0. The fourth-order valence-electron chi connectivity index (χ4n) is 1.36. The minimum Gasteiger partial charge on any atom is -0.481 e. The van der Waals surface area contributed by atoms with Gasteiger partial charge in [-0.3, -0.25) is 9.59 Å². The molecule has 17 heavy (non-hydrogen) atoms. The van der Waals surface area contributed by atoms with Crippen molar-refractivity contribution in [1.29, 1.82) is 0 Å². The fourth-order valence-corrected chi connectivity index (χ4v) is 2.03. The summed E-state index contributed by atoms with van der Waals surface area (Å²) < 4.78 is 0.727. The Morgan fingerprint density at radius 2 is 2.06 bits per heavy atom. The largest absolute Gasteiger partial charge is 0.481 e. The van der Waals surface area contributed by atoms with Crippen molar-refractivity contribution < 1.29 is 14.7 Å². The predicted octanol–water partition coefficient (Wildman–Crippen LogP) is 2.30. The summed E-state index contributed by atoms with van der Waals surface area (Å²) >= 11 is 3.33. The second-order valence-corrected chi connectivity index (χ2v) is 4.71. The van der Waals surface area contributed by atoms with Gasteiger partial charge in [-0.05, 0) is 40.5 Å². The highest BCUT2D eigenvalue weighted by Crippen LogP contribution is 2.19. The molecule has 1 N–H and O–H groups in total. The highest BCUT2D eigenvalue weighted by molar-refractivity contribution is 9.10. The van der Waals surface area contributed by atoms with Gasteiger partial charge in [0.1, 0.15) is 0 Å². The van der Waals surface area contributed by atoms with Gasteiger partial charge in [0, 0.05) is 18.1 Å². The van der Waals surface area contributed by atoms with Crippen LogP contribution in [0.15, 0.2) is 22.7 Å². The Balaban J connectivity index is 2.78. The summed E-state index contributed by atoms with van der Waals surface area (Å²) in [5.41, 5.74) is 1.60. The number of carboxylic acid groups (broad SMARTS) is 1. The molecular weight excluding hydrogens is 286 g/mol. The molecule has 1 aromatic rings. The van der Waals surface area contributed by atoms with Crippen molar-refractivity contribution in [1.82, 2.24) is 4.90 Å². The van der Waals surface area contributed by atoms with E-state index in [-0.39, 0.29) is 18.9 Å². The number of aryl methyl sites for hydroxylation is 1. The van der Waals surface area contributed by atoms with Crippen LogP contribution in [0.1, 0.15) is 22.3 Å². The number of hydrogen-bond acceptors (Lipinski definition) is 2. The molecule has 0 bridgehead atoms. The third-order valence-electron chi connectivity index (χ3n) is 2.36. The number of carbonyl (C=O) groups is 2. The van der Waals surface area contributed by atoms with E-state index in [1.807, 2.05) is 19.1 Å². The molecule has 5 heteroatoms. The molecule has 1 aromatic carbocycles. The van der Waals surface area contributed by atoms with Crippen molar-refractivity contribution in [3.63, 3.8) is 0 Å². The van der Waals surface area contributed by atoms with E-state index in [1.54, 1.807) is 13.1 Å². The molecule has 0 aliphatic rings. The number of hydrogen-bond donors (Lipinski definition) is 1. The van der Waals surface area contributed by atoms with Crippen molar-refractivity contribution >= 4 is 27.8 Å². The number of halogens is 1. The summed E-state index contributed by atoms with van der Waals surface area (Å²) in [6, 6.07) is 5.44. The first-order valence-corrected chi connectivity index (χ1v) is 5.94. The van der Waals surface area contributed by atoms with Crippen LogP contribution in [-0.4, -0.2) is 35.5 Å². The molecule has 0 fully saturated rings. The van der Waals surface area contributed by atoms with Crippen molar-refractivity contribution in [3.8, 4) is 0 Å². The van der Waals surface area contributed by atoms with Crippen LogP contribution < -0.4 is 0 Å². The van der Waals surface area contributed by atoms with Crippen LogP contribution in [0.3, 0.4) is 0 Å². The van der Waals surface area contributed by atoms with E-state index < -0.39 is 5.97 Å². The van der Waals surface area contributed by atoms with Crippen molar-refractivity contribution in [2.75, 3.05) is 13.6 Å². The molecule has 0 spiro atoms. The van der Waals surface area contributed by atoms with Gasteiger partial charge in [0.2, 0.25) is 0 Å². The van der Waals surface area contributed by atoms with E-state index in [0.29, 0.717) is 5.56 Å². The zero-order chi connectivity index (χ0) is 13.0. The highest BCUT2D eigenvalue weighted by Gasteiger charge is 2.15. The van der Waals surface area contributed by atoms with Gasteiger partial charge in [-0.2, -0.15) is 0 Å². The lowest BCUT2D eigenvalue weighted by Gasteiger charge is -2.17. The first kappa shape index (κ1) is 13.7. The van der Waals surface area contributed by atoms with E-state index in [2.05, 4.69) is 15.9 Å². The van der Waals surface area contributed by atoms with E-state index in [9.17, 15) is 9.59 Å². The maximum Gasteiger partial charge on any atom is 0.305 e. The van der Waals surface area contributed by atoms with Gasteiger partial charge in [-0.1, -0.05) is 6.07 Å². The molecule has 0 unspecified atom stereocenters. The minimum atomic E-state index is -0.910. The average Bonchev–Trinajstić information content (AvgIpc) is 2.25. The fraction of sp³-hybridized carbons (Fsp3) is 0.333. The quantitative estimate of drug-likeness (QED) is 0.928. The molecule has 1 amide bonds. The van der Waals surface area contributed by atoms with Gasteiger partial charge < -0.3 is 10.0 Å². The Labute approximate surface area is 108 Å². The third-order valence-corrected chi connectivity index (χ3v) is 3.02. The smallest absolute Gasteiger partial charge is 0.305 e. The SMILES string of the molecule is Cc1ccc(C(=O)N(C)CCC(=O)O)c(Br)c1. The number of amides is 1. The van der Waals surface area contributed by atoms with Crippen LogP contribution in [0.2, 0.25) is 0 Å². The van der Waals surface area contributed by atoms with Crippen LogP contribution in [0.4, 0.5) is 0 Å². The topological polar surface area (TPSA) is 57.6 Å². The van der Waals surface area contributed by atoms with E-state index in [0.717, 1.165) is 10.0 Å². The van der Waals surface area contributed by atoms with Crippen LogP contribution in [0.5, 0.6) is 0 Å². The predicted molar refractivity (Wildman–Crippen MR) is 68.1 cm³/mol. The van der Waals surface area contributed by atoms with Crippen molar-refractivity contribution in [3.05, 3.63) is 33.8 Å². The van der Waals surface area contributed by atoms with Gasteiger partial charge in [-0.25, -0.2) is 0 Å². The molecule has 0 aliphatic heterocycles. The number of carboxylic acids is 1. The first-order valence-electron chi connectivity index (χ1n) is 5.15. The number of nitrogens with zero attached hydrogens (tertiary/aromatic N) is 1. The molecule has 0 aromatic heterocycles. The summed E-state index contributed by atoms with van der Waals surface area (Å²) in [4.78, 5) is 23.8.